The van der Waals surface area contributed by atoms with E-state index in [0.29, 0.717) is 16.6 Å². The van der Waals surface area contributed by atoms with Crippen molar-refractivity contribution >= 4 is 23.4 Å². The van der Waals surface area contributed by atoms with Crippen LogP contribution >= 0.6 is 23.4 Å². The molecule has 0 spiro atoms. The van der Waals surface area contributed by atoms with Crippen LogP contribution in [-0.2, 0) is 4.74 Å². The van der Waals surface area contributed by atoms with Gasteiger partial charge in [0.25, 0.3) is 0 Å². The van der Waals surface area contributed by atoms with Crippen LogP contribution in [0.1, 0.15) is 13.3 Å². The van der Waals surface area contributed by atoms with Crippen molar-refractivity contribution in [2.45, 2.75) is 24.7 Å². The van der Waals surface area contributed by atoms with Crippen LogP contribution in [0.2, 0.25) is 0 Å². The maximum atomic E-state index is 5.55. The van der Waals surface area contributed by atoms with Crippen LogP contribution in [0.15, 0.2) is 0 Å². The first-order chi connectivity index (χ1) is 4.34. The fourth-order valence-electron chi connectivity index (χ4n) is 1.01. The van der Waals surface area contributed by atoms with Gasteiger partial charge in [-0.05, 0) is 13.3 Å². The second kappa shape index (κ2) is 3.69. The minimum atomic E-state index is 0.411. The first-order valence-electron chi connectivity index (χ1n) is 3.13. The van der Waals surface area contributed by atoms with Crippen LogP contribution < -0.4 is 0 Å². The summed E-state index contributed by atoms with van der Waals surface area (Å²) in [5.74, 6) is 0. The Labute approximate surface area is 65.1 Å². The molecular weight excluding hydrogens is 156 g/mol. The number of hydrogen-bond acceptors (Lipinski definition) is 2. The van der Waals surface area contributed by atoms with Crippen LogP contribution in [0.3, 0.4) is 0 Å². The Morgan fingerprint density at radius 3 is 3.00 bits per heavy atom. The van der Waals surface area contributed by atoms with Crippen molar-refractivity contribution in [2.75, 3.05) is 11.8 Å². The van der Waals surface area contributed by atoms with Gasteiger partial charge in [-0.1, -0.05) is 0 Å². The first-order valence-corrected chi connectivity index (χ1v) is 4.72. The molecule has 9 heavy (non-hydrogen) atoms. The lowest BCUT2D eigenvalue weighted by molar-refractivity contribution is 0.127. The van der Waals surface area contributed by atoms with Gasteiger partial charge in [0, 0.05) is 11.9 Å². The van der Waals surface area contributed by atoms with Gasteiger partial charge in [-0.25, -0.2) is 0 Å². The maximum Gasteiger partial charge on any atom is 0.0684 e. The second-order valence-corrected chi connectivity index (χ2v) is 3.99. The molecule has 3 heteroatoms. The lowest BCUT2D eigenvalue weighted by atomic mass is 10.3. The first kappa shape index (κ1) is 7.70. The summed E-state index contributed by atoms with van der Waals surface area (Å²) >= 11 is 7.34. The quantitative estimate of drug-likeness (QED) is 0.581. The zero-order valence-electron chi connectivity index (χ0n) is 5.47. The van der Waals surface area contributed by atoms with Gasteiger partial charge in [-0.15, -0.1) is 23.4 Å². The zero-order valence-corrected chi connectivity index (χ0v) is 7.04. The van der Waals surface area contributed by atoms with Crippen LogP contribution in [-0.4, -0.2) is 23.2 Å². The summed E-state index contributed by atoms with van der Waals surface area (Å²) in [6, 6.07) is 0. The average Bonchev–Trinajstić information content (AvgIpc) is 2.18. The molecule has 0 N–H and O–H groups in total. The zero-order chi connectivity index (χ0) is 6.69. The number of rotatable bonds is 2. The maximum absolute atomic E-state index is 5.55. The van der Waals surface area contributed by atoms with Crippen LogP contribution in [0.25, 0.3) is 0 Å². The fraction of sp³-hybridized carbons (Fsp3) is 1.00. The fourth-order valence-corrected chi connectivity index (χ4v) is 2.27. The monoisotopic (exact) mass is 166 g/mol. The number of hydrogen-bond donors (Lipinski definition) is 0. The largest absolute Gasteiger partial charge is 0.377 e. The Hall–Kier alpha value is 0.600. The Balaban J connectivity index is 2.22. The second-order valence-electron chi connectivity index (χ2n) is 2.18. The van der Waals surface area contributed by atoms with Crippen molar-refractivity contribution < 1.29 is 4.74 Å². The van der Waals surface area contributed by atoms with Gasteiger partial charge < -0.3 is 4.74 Å². The van der Waals surface area contributed by atoms with Gasteiger partial charge in [0.2, 0.25) is 0 Å². The summed E-state index contributed by atoms with van der Waals surface area (Å²) < 4.78 is 5.34. The standard InChI is InChI=1S/C6H11ClOS/c1-5-6(9-4-7)2-3-8-5/h5-6H,2-4H2,1H3. The highest BCUT2D eigenvalue weighted by Crippen LogP contribution is 2.26. The van der Waals surface area contributed by atoms with E-state index in [1.165, 1.54) is 6.42 Å². The van der Waals surface area contributed by atoms with Gasteiger partial charge >= 0.3 is 0 Å². The molecule has 0 aromatic heterocycles. The van der Waals surface area contributed by atoms with Crippen molar-refractivity contribution in [1.29, 1.82) is 0 Å². The van der Waals surface area contributed by atoms with E-state index in [0.717, 1.165) is 6.61 Å². The van der Waals surface area contributed by atoms with Crippen LogP contribution in [0.5, 0.6) is 0 Å². The predicted octanol–water partition coefficient (Wildman–Crippen LogP) is 2.09. The van der Waals surface area contributed by atoms with E-state index in [4.69, 9.17) is 16.3 Å². The normalized spacial score (nSPS) is 35.3. The number of halogens is 1. The van der Waals surface area contributed by atoms with E-state index < -0.39 is 0 Å². The molecule has 0 aromatic rings. The third-order valence-corrected chi connectivity index (χ3v) is 3.13. The smallest absolute Gasteiger partial charge is 0.0684 e. The molecule has 0 bridgehead atoms. The van der Waals surface area contributed by atoms with Crippen molar-refractivity contribution in [3.63, 3.8) is 0 Å². The average molecular weight is 167 g/mol. The minimum Gasteiger partial charge on any atom is -0.377 e. The lowest BCUT2D eigenvalue weighted by Crippen LogP contribution is -2.12. The topological polar surface area (TPSA) is 9.23 Å². The molecule has 2 atom stereocenters. The summed E-state index contributed by atoms with van der Waals surface area (Å²) in [6.45, 7) is 3.02. The molecule has 2 unspecified atom stereocenters. The molecule has 54 valence electrons. The summed E-state index contributed by atoms with van der Waals surface area (Å²) in [7, 11) is 0. The summed E-state index contributed by atoms with van der Waals surface area (Å²) in [5.41, 5.74) is 0. The predicted molar refractivity (Wildman–Crippen MR) is 42.1 cm³/mol. The third kappa shape index (κ3) is 2.03. The number of thioether (sulfide) groups is 1. The number of alkyl halides is 1. The van der Waals surface area contributed by atoms with Gasteiger partial charge in [0.1, 0.15) is 0 Å². The van der Waals surface area contributed by atoms with E-state index in [2.05, 4.69) is 6.92 Å². The van der Waals surface area contributed by atoms with E-state index in [1.54, 1.807) is 11.8 Å². The van der Waals surface area contributed by atoms with Gasteiger partial charge in [0.05, 0.1) is 11.3 Å². The highest BCUT2D eigenvalue weighted by Gasteiger charge is 2.23. The molecule has 1 heterocycles. The minimum absolute atomic E-state index is 0.411. The molecule has 1 fully saturated rings. The highest BCUT2D eigenvalue weighted by atomic mass is 35.5. The summed E-state index contributed by atoms with van der Waals surface area (Å²) in [4.78, 5) is 0. The number of ether oxygens (including phenoxy) is 1. The van der Waals surface area contributed by atoms with E-state index in [1.807, 2.05) is 0 Å². The van der Waals surface area contributed by atoms with Crippen molar-refractivity contribution in [1.82, 2.24) is 0 Å². The Morgan fingerprint density at radius 1 is 1.78 bits per heavy atom. The molecule has 0 radical (unpaired) electrons. The van der Waals surface area contributed by atoms with E-state index in [-0.39, 0.29) is 0 Å². The Kier molecular flexibility index (Phi) is 3.16. The van der Waals surface area contributed by atoms with Gasteiger partial charge in [-0.3, -0.25) is 0 Å². The molecule has 0 amide bonds. The van der Waals surface area contributed by atoms with Crippen LogP contribution in [0, 0.1) is 0 Å². The molecule has 1 nitrogen and oxygen atoms in total. The molecule has 1 aliphatic rings. The molecule has 0 aromatic carbocycles. The van der Waals surface area contributed by atoms with Crippen LogP contribution in [0.4, 0.5) is 0 Å². The Bertz CT molecular complexity index is 89.1. The van der Waals surface area contributed by atoms with Gasteiger partial charge in [-0.2, -0.15) is 0 Å². The van der Waals surface area contributed by atoms with Crippen molar-refractivity contribution in [2.24, 2.45) is 0 Å². The molecule has 1 aliphatic heterocycles. The summed E-state index contributed by atoms with van der Waals surface area (Å²) in [6.07, 6.45) is 1.58. The molecule has 1 saturated heterocycles. The highest BCUT2D eigenvalue weighted by molar-refractivity contribution is 8.01. The van der Waals surface area contributed by atoms with E-state index >= 15 is 0 Å². The van der Waals surface area contributed by atoms with Crippen molar-refractivity contribution in [3.8, 4) is 0 Å². The molecule has 0 saturated carbocycles. The Morgan fingerprint density at radius 2 is 2.56 bits per heavy atom. The van der Waals surface area contributed by atoms with Gasteiger partial charge in [0.15, 0.2) is 0 Å². The molecule has 1 rings (SSSR count). The van der Waals surface area contributed by atoms with Crippen molar-refractivity contribution in [3.05, 3.63) is 0 Å². The third-order valence-electron chi connectivity index (χ3n) is 1.58. The summed E-state index contributed by atoms with van der Waals surface area (Å²) in [5, 5.41) is 1.33. The lowest BCUT2D eigenvalue weighted by Gasteiger charge is -2.10. The van der Waals surface area contributed by atoms with E-state index in [9.17, 15) is 0 Å². The SMILES string of the molecule is CC1OCCC1SCCl. The molecular formula is C6H11ClOS. The molecule has 0 aliphatic carbocycles.